The van der Waals surface area contributed by atoms with Crippen LogP contribution in [0.3, 0.4) is 0 Å². The minimum absolute atomic E-state index is 0.151. The smallest absolute Gasteiger partial charge is 0.339 e. The van der Waals surface area contributed by atoms with Gasteiger partial charge in [-0.05, 0) is 102 Å². The number of esters is 1. The highest BCUT2D eigenvalue weighted by Crippen LogP contribution is 2.32. The number of rotatable bonds is 13. The summed E-state index contributed by atoms with van der Waals surface area (Å²) in [5.74, 6) is 1.56. The number of benzene rings is 6. The van der Waals surface area contributed by atoms with Crippen molar-refractivity contribution in [2.24, 2.45) is 0 Å². The molecule has 0 radical (unpaired) electrons. The van der Waals surface area contributed by atoms with Gasteiger partial charge in [-0.2, -0.15) is 0 Å². The monoisotopic (exact) mass is 704 g/mol. The van der Waals surface area contributed by atoms with Crippen molar-refractivity contribution >= 4 is 28.3 Å². The van der Waals surface area contributed by atoms with Crippen LogP contribution >= 0.6 is 0 Å². The Bertz CT molecular complexity index is 2090. The van der Waals surface area contributed by atoms with E-state index in [2.05, 4.69) is 95.1 Å². The SMILES string of the molecule is COC(=O)c1ccccc1NC(=O)Cc1ccc(Oc2ccc3cc(OC4CCC(N(Cc5ccccc5)Cc5ccccc5)CC4)ccc3c2)cc1. The summed E-state index contributed by atoms with van der Waals surface area (Å²) in [6.45, 7) is 1.89. The van der Waals surface area contributed by atoms with Gasteiger partial charge >= 0.3 is 5.97 Å². The van der Waals surface area contributed by atoms with E-state index in [1.807, 2.05) is 36.4 Å². The molecule has 1 fully saturated rings. The number of hydrogen-bond donors (Lipinski definition) is 1. The average molecular weight is 705 g/mol. The maximum atomic E-state index is 12.7. The van der Waals surface area contributed by atoms with Gasteiger partial charge in [0.05, 0.1) is 30.9 Å². The molecular formula is C46H44N2O5. The van der Waals surface area contributed by atoms with Crippen molar-refractivity contribution in [3.63, 3.8) is 0 Å². The molecule has 1 N–H and O–H groups in total. The fraction of sp³-hybridized carbons (Fsp3) is 0.217. The number of amides is 1. The maximum Gasteiger partial charge on any atom is 0.339 e. The molecular weight excluding hydrogens is 661 g/mol. The molecule has 268 valence electrons. The molecule has 1 aliphatic rings. The molecule has 7 nitrogen and oxygen atoms in total. The molecule has 0 bridgehead atoms. The van der Waals surface area contributed by atoms with Crippen LogP contribution in [0.5, 0.6) is 17.2 Å². The van der Waals surface area contributed by atoms with Crippen molar-refractivity contribution in [3.8, 4) is 17.2 Å². The highest BCUT2D eigenvalue weighted by atomic mass is 16.5. The predicted molar refractivity (Wildman–Crippen MR) is 209 cm³/mol. The van der Waals surface area contributed by atoms with Gasteiger partial charge in [0.25, 0.3) is 0 Å². The molecule has 1 saturated carbocycles. The third-order valence-electron chi connectivity index (χ3n) is 9.83. The third-order valence-corrected chi connectivity index (χ3v) is 9.83. The molecule has 7 heteroatoms. The molecule has 0 aliphatic heterocycles. The van der Waals surface area contributed by atoms with Crippen LogP contribution in [0.4, 0.5) is 5.69 Å². The largest absolute Gasteiger partial charge is 0.490 e. The number of methoxy groups -OCH3 is 1. The van der Waals surface area contributed by atoms with E-state index in [9.17, 15) is 9.59 Å². The van der Waals surface area contributed by atoms with Gasteiger partial charge in [-0.1, -0.05) is 97.1 Å². The summed E-state index contributed by atoms with van der Waals surface area (Å²) in [6, 6.07) is 48.6. The lowest BCUT2D eigenvalue weighted by Gasteiger charge is -2.37. The van der Waals surface area contributed by atoms with Gasteiger partial charge in [-0.25, -0.2) is 4.79 Å². The molecule has 1 amide bonds. The molecule has 6 aromatic rings. The van der Waals surface area contributed by atoms with E-state index >= 15 is 0 Å². The van der Waals surface area contributed by atoms with Gasteiger partial charge in [0, 0.05) is 19.1 Å². The third kappa shape index (κ3) is 9.50. The first-order valence-corrected chi connectivity index (χ1v) is 18.3. The molecule has 0 unspecified atom stereocenters. The Morgan fingerprint density at radius 1 is 0.623 bits per heavy atom. The summed E-state index contributed by atoms with van der Waals surface area (Å²) >= 11 is 0. The van der Waals surface area contributed by atoms with Gasteiger partial charge in [-0.15, -0.1) is 0 Å². The molecule has 0 spiro atoms. The van der Waals surface area contributed by atoms with E-state index < -0.39 is 5.97 Å². The molecule has 53 heavy (non-hydrogen) atoms. The Morgan fingerprint density at radius 2 is 1.19 bits per heavy atom. The van der Waals surface area contributed by atoms with E-state index in [1.54, 1.807) is 24.3 Å². The summed E-state index contributed by atoms with van der Waals surface area (Å²) in [6.07, 6.45) is 4.63. The normalized spacial score (nSPS) is 15.5. The maximum absolute atomic E-state index is 12.7. The number of hydrogen-bond acceptors (Lipinski definition) is 6. The second-order valence-electron chi connectivity index (χ2n) is 13.6. The second-order valence-corrected chi connectivity index (χ2v) is 13.6. The lowest BCUT2D eigenvalue weighted by atomic mass is 9.91. The number of carbonyl (C=O) groups excluding carboxylic acids is 2. The number of nitrogens with one attached hydrogen (secondary N) is 1. The Hall–Kier alpha value is -5.92. The van der Waals surface area contributed by atoms with Crippen molar-refractivity contribution in [2.45, 2.75) is 57.3 Å². The van der Waals surface area contributed by atoms with E-state index in [-0.39, 0.29) is 18.4 Å². The second kappa shape index (κ2) is 17.1. The van der Waals surface area contributed by atoms with Crippen LogP contribution in [-0.4, -0.2) is 36.0 Å². The summed E-state index contributed by atoms with van der Waals surface area (Å²) < 4.78 is 17.5. The van der Waals surface area contributed by atoms with E-state index in [1.165, 1.54) is 18.2 Å². The Balaban J connectivity index is 0.918. The number of fused-ring (bicyclic) bond motifs is 1. The van der Waals surface area contributed by atoms with Gasteiger partial charge in [0.2, 0.25) is 5.91 Å². The fourth-order valence-electron chi connectivity index (χ4n) is 7.08. The average Bonchev–Trinajstić information content (AvgIpc) is 3.19. The lowest BCUT2D eigenvalue weighted by molar-refractivity contribution is -0.115. The van der Waals surface area contributed by atoms with Crippen LogP contribution in [0.15, 0.2) is 146 Å². The summed E-state index contributed by atoms with van der Waals surface area (Å²) in [7, 11) is 1.31. The van der Waals surface area contributed by atoms with Crippen molar-refractivity contribution in [1.29, 1.82) is 0 Å². The summed E-state index contributed by atoms with van der Waals surface area (Å²) in [5, 5.41) is 4.97. The standard InChI is InChI=1S/C46H44N2O5/c1-51-46(50)43-14-8-9-15-44(43)47-45(49)28-33-16-22-39(23-17-33)52-41-24-18-37-30-42(25-19-36(37)29-41)53-40-26-20-38(21-27-40)48(31-34-10-4-2-5-11-34)32-35-12-6-3-7-13-35/h2-19,22-25,29-30,38,40H,20-21,26-28,31-32H2,1H3,(H,47,49). The van der Waals surface area contributed by atoms with E-state index in [4.69, 9.17) is 14.2 Å². The van der Waals surface area contributed by atoms with Crippen LogP contribution in [0.25, 0.3) is 10.8 Å². The molecule has 0 heterocycles. The van der Waals surface area contributed by atoms with Gasteiger partial charge in [0.15, 0.2) is 0 Å². The predicted octanol–water partition coefficient (Wildman–Crippen LogP) is 9.99. The highest BCUT2D eigenvalue weighted by Gasteiger charge is 2.27. The number of nitrogens with zero attached hydrogens (tertiary/aromatic N) is 1. The quantitative estimate of drug-likeness (QED) is 0.121. The first kappa shape index (κ1) is 35.5. The Kier molecular flexibility index (Phi) is 11.4. The minimum Gasteiger partial charge on any atom is -0.490 e. The van der Waals surface area contributed by atoms with Crippen LogP contribution in [0.2, 0.25) is 0 Å². The van der Waals surface area contributed by atoms with Gasteiger partial charge in [-0.3, -0.25) is 9.69 Å². The zero-order chi connectivity index (χ0) is 36.4. The Labute approximate surface area is 311 Å². The zero-order valence-corrected chi connectivity index (χ0v) is 29.9. The molecule has 0 atom stereocenters. The zero-order valence-electron chi connectivity index (χ0n) is 29.9. The fourth-order valence-corrected chi connectivity index (χ4v) is 7.08. The molecule has 0 aromatic heterocycles. The van der Waals surface area contributed by atoms with Crippen molar-refractivity contribution < 1.29 is 23.8 Å². The van der Waals surface area contributed by atoms with Crippen molar-refractivity contribution in [1.82, 2.24) is 4.90 Å². The van der Waals surface area contributed by atoms with Crippen molar-refractivity contribution in [3.05, 3.63) is 168 Å². The topological polar surface area (TPSA) is 77.1 Å². The molecule has 1 aliphatic carbocycles. The molecule has 6 aromatic carbocycles. The van der Waals surface area contributed by atoms with Gasteiger partial charge in [0.1, 0.15) is 17.2 Å². The summed E-state index contributed by atoms with van der Waals surface area (Å²) in [5.41, 5.74) is 4.25. The number of ether oxygens (including phenoxy) is 3. The van der Waals surface area contributed by atoms with Crippen LogP contribution in [-0.2, 0) is 29.0 Å². The Morgan fingerprint density at radius 3 is 1.83 bits per heavy atom. The lowest BCUT2D eigenvalue weighted by Crippen LogP contribution is -2.39. The van der Waals surface area contributed by atoms with Crippen LogP contribution in [0.1, 0.15) is 52.7 Å². The first-order chi connectivity index (χ1) is 26.0. The number of para-hydroxylation sites is 1. The number of anilines is 1. The number of carbonyl (C=O) groups is 2. The van der Waals surface area contributed by atoms with Gasteiger partial charge < -0.3 is 19.5 Å². The molecule has 0 saturated heterocycles. The van der Waals surface area contributed by atoms with Crippen molar-refractivity contribution in [2.75, 3.05) is 12.4 Å². The van der Waals surface area contributed by atoms with Crippen LogP contribution < -0.4 is 14.8 Å². The highest BCUT2D eigenvalue weighted by molar-refractivity contribution is 6.01. The van der Waals surface area contributed by atoms with E-state index in [0.29, 0.717) is 23.0 Å². The summed E-state index contributed by atoms with van der Waals surface area (Å²) in [4.78, 5) is 27.4. The van der Waals surface area contributed by atoms with E-state index in [0.717, 1.165) is 66.6 Å². The minimum atomic E-state index is -0.500. The molecule has 7 rings (SSSR count). The first-order valence-electron chi connectivity index (χ1n) is 18.3. The van der Waals surface area contributed by atoms with Crippen LogP contribution in [0, 0.1) is 0 Å².